The maximum Gasteiger partial charge on any atom is 0.372 e. The van der Waals surface area contributed by atoms with E-state index < -0.39 is 11.8 Å². The number of rotatable bonds is 4. The summed E-state index contributed by atoms with van der Waals surface area (Å²) in [6.07, 6.45) is 1.27. The minimum atomic E-state index is -1.16. The van der Waals surface area contributed by atoms with Crippen LogP contribution in [0.15, 0.2) is 41.0 Å². The monoisotopic (exact) mass is 236 g/mol. The number of carbonyl (C=O) groups is 1. The number of carboxylic acid groups (broad SMARTS) is 1. The summed E-state index contributed by atoms with van der Waals surface area (Å²) in [5.74, 6) is -1.40. The summed E-state index contributed by atoms with van der Waals surface area (Å²) in [5.41, 5.74) is 0.404. The van der Waals surface area contributed by atoms with Crippen molar-refractivity contribution in [2.45, 2.75) is 6.61 Å². The van der Waals surface area contributed by atoms with Crippen LogP contribution in [0, 0.1) is 5.82 Å². The molecule has 0 aliphatic heterocycles. The molecular formula is C12H9FO4. The molecule has 0 unspecified atom stereocenters. The summed E-state index contributed by atoms with van der Waals surface area (Å²) >= 11 is 0. The first-order chi connectivity index (χ1) is 8.16. The van der Waals surface area contributed by atoms with E-state index >= 15 is 0 Å². The van der Waals surface area contributed by atoms with E-state index in [0.717, 1.165) is 0 Å². The van der Waals surface area contributed by atoms with Gasteiger partial charge < -0.3 is 14.3 Å². The molecule has 0 radical (unpaired) electrons. The predicted octanol–water partition coefficient (Wildman–Crippen LogP) is 2.70. The van der Waals surface area contributed by atoms with Crippen molar-refractivity contribution >= 4 is 5.97 Å². The first kappa shape index (κ1) is 11.2. The van der Waals surface area contributed by atoms with Crippen LogP contribution in [0.1, 0.15) is 16.1 Å². The fourth-order valence-electron chi connectivity index (χ4n) is 1.35. The van der Waals surface area contributed by atoms with Gasteiger partial charge in [0.2, 0.25) is 5.76 Å². The lowest BCUT2D eigenvalue weighted by Crippen LogP contribution is -2.02. The smallest absolute Gasteiger partial charge is 0.372 e. The summed E-state index contributed by atoms with van der Waals surface area (Å²) in [4.78, 5) is 10.7. The van der Waals surface area contributed by atoms with Gasteiger partial charge in [0.1, 0.15) is 18.2 Å². The second-order valence-corrected chi connectivity index (χ2v) is 3.33. The van der Waals surface area contributed by atoms with E-state index in [0.29, 0.717) is 11.3 Å². The van der Waals surface area contributed by atoms with Crippen LogP contribution in [0.25, 0.3) is 0 Å². The third-order valence-electron chi connectivity index (χ3n) is 2.13. The molecule has 2 aromatic rings. The third kappa shape index (κ3) is 2.63. The van der Waals surface area contributed by atoms with Gasteiger partial charge in [-0.15, -0.1) is 0 Å². The Bertz CT molecular complexity index is 533. The molecule has 0 aliphatic rings. The molecule has 0 aliphatic carbocycles. The molecule has 1 aromatic carbocycles. The first-order valence-electron chi connectivity index (χ1n) is 4.85. The molecule has 0 amide bonds. The van der Waals surface area contributed by atoms with Gasteiger partial charge in [-0.2, -0.15) is 0 Å². The van der Waals surface area contributed by atoms with E-state index in [-0.39, 0.29) is 12.4 Å². The summed E-state index contributed by atoms with van der Waals surface area (Å²) < 4.78 is 22.9. The summed E-state index contributed by atoms with van der Waals surface area (Å²) in [6.45, 7) is 0.0155. The second-order valence-electron chi connectivity index (χ2n) is 3.33. The van der Waals surface area contributed by atoms with Gasteiger partial charge in [0.05, 0.1) is 6.26 Å². The molecule has 0 bridgehead atoms. The molecule has 1 aromatic heterocycles. The van der Waals surface area contributed by atoms with Crippen LogP contribution in [0.2, 0.25) is 0 Å². The van der Waals surface area contributed by atoms with Crippen molar-refractivity contribution in [3.05, 3.63) is 53.7 Å². The van der Waals surface area contributed by atoms with Gasteiger partial charge in [-0.25, -0.2) is 9.18 Å². The zero-order chi connectivity index (χ0) is 12.3. The third-order valence-corrected chi connectivity index (χ3v) is 2.13. The Labute approximate surface area is 96.2 Å². The van der Waals surface area contributed by atoms with E-state index in [1.165, 1.54) is 30.5 Å². The molecule has 1 heterocycles. The standard InChI is InChI=1S/C12H9FO4/c13-9-2-1-3-10(6-9)17-7-8-4-5-16-11(8)12(14)15/h1-6H,7H2,(H,14,15). The molecule has 88 valence electrons. The first-order valence-corrected chi connectivity index (χ1v) is 4.85. The maximum atomic E-state index is 12.8. The lowest BCUT2D eigenvalue weighted by atomic mass is 10.2. The van der Waals surface area contributed by atoms with Gasteiger partial charge in [-0.05, 0) is 18.2 Å². The van der Waals surface area contributed by atoms with Crippen LogP contribution in [0.5, 0.6) is 5.75 Å². The average Bonchev–Trinajstić information content (AvgIpc) is 2.74. The number of hydrogen-bond donors (Lipinski definition) is 1. The molecule has 5 heteroatoms. The molecule has 1 N–H and O–H groups in total. The van der Waals surface area contributed by atoms with Crippen molar-refractivity contribution < 1.29 is 23.4 Å². The molecule has 0 fully saturated rings. The lowest BCUT2D eigenvalue weighted by Gasteiger charge is -2.04. The Balaban J connectivity index is 2.07. The van der Waals surface area contributed by atoms with Gasteiger partial charge in [-0.3, -0.25) is 0 Å². The second kappa shape index (κ2) is 4.69. The Kier molecular flexibility index (Phi) is 3.09. The van der Waals surface area contributed by atoms with Crippen LogP contribution in [0.4, 0.5) is 4.39 Å². The number of halogens is 1. The molecule has 2 rings (SSSR count). The van der Waals surface area contributed by atoms with E-state index in [1.54, 1.807) is 6.07 Å². The lowest BCUT2D eigenvalue weighted by molar-refractivity contribution is 0.0658. The predicted molar refractivity (Wildman–Crippen MR) is 56.4 cm³/mol. The summed E-state index contributed by atoms with van der Waals surface area (Å²) in [6, 6.07) is 7.12. The van der Waals surface area contributed by atoms with Crippen molar-refractivity contribution in [1.82, 2.24) is 0 Å². The number of benzene rings is 1. The van der Waals surface area contributed by atoms with Gasteiger partial charge >= 0.3 is 5.97 Å². The van der Waals surface area contributed by atoms with Gasteiger partial charge in [0, 0.05) is 11.6 Å². The number of aromatic carboxylic acids is 1. The normalized spacial score (nSPS) is 10.2. The van der Waals surface area contributed by atoms with E-state index in [9.17, 15) is 9.18 Å². The van der Waals surface area contributed by atoms with Gasteiger partial charge in [0.15, 0.2) is 0 Å². The molecule has 17 heavy (non-hydrogen) atoms. The Morgan fingerprint density at radius 3 is 2.94 bits per heavy atom. The SMILES string of the molecule is O=C(O)c1occc1COc1cccc(F)c1. The molecular weight excluding hydrogens is 227 g/mol. The number of furan rings is 1. The fraction of sp³-hybridized carbons (Fsp3) is 0.0833. The molecule has 4 nitrogen and oxygen atoms in total. The fourth-order valence-corrected chi connectivity index (χ4v) is 1.35. The van der Waals surface area contributed by atoms with E-state index in [4.69, 9.17) is 14.3 Å². The van der Waals surface area contributed by atoms with Crippen molar-refractivity contribution in [1.29, 1.82) is 0 Å². The van der Waals surface area contributed by atoms with Crippen LogP contribution in [-0.2, 0) is 6.61 Å². The minimum absolute atomic E-state index is 0.0155. The van der Waals surface area contributed by atoms with Crippen LogP contribution < -0.4 is 4.74 Å². The molecule has 0 saturated heterocycles. The van der Waals surface area contributed by atoms with E-state index in [1.807, 2.05) is 0 Å². The summed E-state index contributed by atoms with van der Waals surface area (Å²) in [5, 5.41) is 8.79. The molecule has 0 atom stereocenters. The van der Waals surface area contributed by atoms with Gasteiger partial charge in [-0.1, -0.05) is 6.07 Å². The zero-order valence-corrected chi connectivity index (χ0v) is 8.72. The topological polar surface area (TPSA) is 59.7 Å². The average molecular weight is 236 g/mol. The highest BCUT2D eigenvalue weighted by Gasteiger charge is 2.14. The number of ether oxygens (including phenoxy) is 1. The van der Waals surface area contributed by atoms with Crippen LogP contribution >= 0.6 is 0 Å². The van der Waals surface area contributed by atoms with Crippen LogP contribution in [0.3, 0.4) is 0 Å². The van der Waals surface area contributed by atoms with Crippen molar-refractivity contribution in [2.24, 2.45) is 0 Å². The van der Waals surface area contributed by atoms with Crippen molar-refractivity contribution in [3.8, 4) is 5.75 Å². The highest BCUT2D eigenvalue weighted by atomic mass is 19.1. The number of carboxylic acids is 1. The largest absolute Gasteiger partial charge is 0.489 e. The van der Waals surface area contributed by atoms with Crippen LogP contribution in [-0.4, -0.2) is 11.1 Å². The quantitative estimate of drug-likeness (QED) is 0.886. The number of hydrogen-bond acceptors (Lipinski definition) is 3. The Hall–Kier alpha value is -2.30. The minimum Gasteiger partial charge on any atom is -0.489 e. The Morgan fingerprint density at radius 1 is 1.41 bits per heavy atom. The highest BCUT2D eigenvalue weighted by molar-refractivity contribution is 5.86. The zero-order valence-electron chi connectivity index (χ0n) is 8.72. The maximum absolute atomic E-state index is 12.8. The van der Waals surface area contributed by atoms with Crippen molar-refractivity contribution in [2.75, 3.05) is 0 Å². The van der Waals surface area contributed by atoms with Gasteiger partial charge in [0.25, 0.3) is 0 Å². The van der Waals surface area contributed by atoms with Crippen molar-refractivity contribution in [3.63, 3.8) is 0 Å². The molecule has 0 saturated carbocycles. The Morgan fingerprint density at radius 2 is 2.24 bits per heavy atom. The summed E-state index contributed by atoms with van der Waals surface area (Å²) in [7, 11) is 0. The molecule has 0 spiro atoms. The highest BCUT2D eigenvalue weighted by Crippen LogP contribution is 2.16. The van der Waals surface area contributed by atoms with E-state index in [2.05, 4.69) is 0 Å².